The number of aryl methyl sites for hydroxylation is 1. The predicted octanol–water partition coefficient (Wildman–Crippen LogP) is 0.245. The number of aromatic nitrogens is 2. The van der Waals surface area contributed by atoms with E-state index in [0.717, 1.165) is 11.4 Å². The normalized spacial score (nSPS) is 23.5. The highest BCUT2D eigenvalue weighted by Gasteiger charge is 2.33. The van der Waals surface area contributed by atoms with Crippen LogP contribution in [0.15, 0.2) is 0 Å². The van der Waals surface area contributed by atoms with Crippen LogP contribution in [0.25, 0.3) is 0 Å². The average molecular weight is 254 g/mol. The Balaban J connectivity index is 1.90. The smallest absolute Gasteiger partial charge is 0.282 e. The molecular weight excluding hydrogens is 240 g/mol. The molecule has 1 saturated heterocycles. The van der Waals surface area contributed by atoms with Crippen LogP contribution in [0.1, 0.15) is 34.6 Å². The third kappa shape index (κ3) is 2.79. The lowest BCUT2D eigenvalue weighted by molar-refractivity contribution is -0.119. The van der Waals surface area contributed by atoms with E-state index in [9.17, 15) is 9.59 Å². The van der Waals surface area contributed by atoms with Crippen LogP contribution >= 0.6 is 11.3 Å². The van der Waals surface area contributed by atoms with Gasteiger partial charge in [0.2, 0.25) is 10.9 Å². The van der Waals surface area contributed by atoms with Gasteiger partial charge in [0, 0.05) is 13.0 Å². The number of carbonyl (C=O) groups is 2. The molecule has 1 aromatic heterocycles. The first-order valence-corrected chi connectivity index (χ1v) is 6.19. The molecule has 6 nitrogen and oxygen atoms in total. The lowest BCUT2D eigenvalue weighted by Gasteiger charge is -2.23. The standard InChI is InChI=1S/C10H14N4O2S/c1-6-13-14-9(17-6)8(16)11-5-10(2)4-3-7(15)12-10/h3-5H2,1-2H3,(H,11,16)(H,12,15). The summed E-state index contributed by atoms with van der Waals surface area (Å²) in [5.41, 5.74) is -0.341. The minimum absolute atomic E-state index is 0.0357. The Morgan fingerprint density at radius 1 is 1.59 bits per heavy atom. The van der Waals surface area contributed by atoms with Crippen LogP contribution in [-0.2, 0) is 4.79 Å². The van der Waals surface area contributed by atoms with E-state index in [4.69, 9.17) is 0 Å². The predicted molar refractivity (Wildman–Crippen MR) is 62.8 cm³/mol. The summed E-state index contributed by atoms with van der Waals surface area (Å²) in [6, 6.07) is 0. The summed E-state index contributed by atoms with van der Waals surface area (Å²) in [6.45, 7) is 4.13. The molecule has 1 atom stereocenters. The van der Waals surface area contributed by atoms with Crippen molar-refractivity contribution in [2.45, 2.75) is 32.2 Å². The van der Waals surface area contributed by atoms with E-state index in [1.54, 1.807) is 6.92 Å². The fourth-order valence-corrected chi connectivity index (χ4v) is 2.33. The lowest BCUT2D eigenvalue weighted by Crippen LogP contribution is -2.48. The molecule has 17 heavy (non-hydrogen) atoms. The van der Waals surface area contributed by atoms with Gasteiger partial charge >= 0.3 is 0 Å². The molecule has 0 bridgehead atoms. The van der Waals surface area contributed by atoms with E-state index in [-0.39, 0.29) is 17.4 Å². The Morgan fingerprint density at radius 2 is 2.35 bits per heavy atom. The van der Waals surface area contributed by atoms with E-state index in [1.165, 1.54) is 11.3 Å². The SMILES string of the molecule is Cc1nnc(C(=O)NCC2(C)CCC(=O)N2)s1. The highest BCUT2D eigenvalue weighted by molar-refractivity contribution is 7.13. The lowest BCUT2D eigenvalue weighted by atomic mass is 10.0. The fraction of sp³-hybridized carbons (Fsp3) is 0.600. The second-order valence-electron chi connectivity index (χ2n) is 4.42. The number of rotatable bonds is 3. The summed E-state index contributed by atoms with van der Waals surface area (Å²) in [4.78, 5) is 22.9. The summed E-state index contributed by atoms with van der Waals surface area (Å²) in [7, 11) is 0. The third-order valence-electron chi connectivity index (χ3n) is 2.70. The van der Waals surface area contributed by atoms with Gasteiger partial charge in [-0.05, 0) is 20.3 Å². The van der Waals surface area contributed by atoms with E-state index in [2.05, 4.69) is 20.8 Å². The molecule has 2 amide bonds. The Hall–Kier alpha value is -1.50. The highest BCUT2D eigenvalue weighted by Crippen LogP contribution is 2.18. The third-order valence-corrected chi connectivity index (χ3v) is 3.54. The molecule has 2 heterocycles. The molecule has 7 heteroatoms. The maximum atomic E-state index is 11.7. The first-order valence-electron chi connectivity index (χ1n) is 5.38. The Morgan fingerprint density at radius 3 is 2.88 bits per heavy atom. The van der Waals surface area contributed by atoms with E-state index in [1.807, 2.05) is 6.92 Å². The topological polar surface area (TPSA) is 84.0 Å². The monoisotopic (exact) mass is 254 g/mol. The van der Waals surface area contributed by atoms with Crippen molar-refractivity contribution in [3.8, 4) is 0 Å². The molecule has 1 aliphatic rings. The quantitative estimate of drug-likeness (QED) is 0.809. The maximum Gasteiger partial charge on any atom is 0.282 e. The molecule has 0 aliphatic carbocycles. The molecular formula is C10H14N4O2S. The van der Waals surface area contributed by atoms with Crippen molar-refractivity contribution in [3.05, 3.63) is 10.0 Å². The van der Waals surface area contributed by atoms with Gasteiger partial charge < -0.3 is 10.6 Å². The minimum Gasteiger partial charge on any atom is -0.349 e. The van der Waals surface area contributed by atoms with Crippen LogP contribution in [0.4, 0.5) is 0 Å². The summed E-state index contributed by atoms with van der Waals surface area (Å²) < 4.78 is 0. The zero-order chi connectivity index (χ0) is 12.5. The zero-order valence-corrected chi connectivity index (χ0v) is 10.6. The summed E-state index contributed by atoms with van der Waals surface area (Å²) in [5.74, 6) is -0.202. The van der Waals surface area contributed by atoms with E-state index in [0.29, 0.717) is 18.0 Å². The number of carbonyl (C=O) groups excluding carboxylic acids is 2. The zero-order valence-electron chi connectivity index (χ0n) is 9.74. The van der Waals surface area contributed by atoms with Crippen LogP contribution in [0.5, 0.6) is 0 Å². The number of hydrogen-bond donors (Lipinski definition) is 2. The molecule has 0 radical (unpaired) electrons. The first-order chi connectivity index (χ1) is 7.98. The molecule has 92 valence electrons. The number of nitrogens with one attached hydrogen (secondary N) is 2. The molecule has 1 aliphatic heterocycles. The molecule has 2 rings (SSSR count). The molecule has 1 aromatic rings. The van der Waals surface area contributed by atoms with Gasteiger partial charge in [0.25, 0.3) is 5.91 Å². The van der Waals surface area contributed by atoms with Crippen LogP contribution in [0, 0.1) is 6.92 Å². The molecule has 0 spiro atoms. The van der Waals surface area contributed by atoms with Crippen LogP contribution in [-0.4, -0.2) is 34.1 Å². The minimum atomic E-state index is -0.341. The van der Waals surface area contributed by atoms with Gasteiger partial charge in [-0.15, -0.1) is 10.2 Å². The largest absolute Gasteiger partial charge is 0.349 e. The average Bonchev–Trinajstić information content (AvgIpc) is 2.83. The van der Waals surface area contributed by atoms with Gasteiger partial charge in [-0.1, -0.05) is 11.3 Å². The molecule has 1 unspecified atom stereocenters. The van der Waals surface area contributed by atoms with Crippen LogP contribution in [0.2, 0.25) is 0 Å². The van der Waals surface area contributed by atoms with Gasteiger partial charge in [-0.25, -0.2) is 0 Å². The van der Waals surface area contributed by atoms with Gasteiger partial charge in [0.15, 0.2) is 0 Å². The van der Waals surface area contributed by atoms with Gasteiger partial charge in [-0.3, -0.25) is 9.59 Å². The van der Waals surface area contributed by atoms with Gasteiger partial charge in [0.1, 0.15) is 5.01 Å². The van der Waals surface area contributed by atoms with Crippen molar-refractivity contribution in [1.29, 1.82) is 0 Å². The summed E-state index contributed by atoms with van der Waals surface area (Å²) in [6.07, 6.45) is 1.26. The Kier molecular flexibility index (Phi) is 3.10. The van der Waals surface area contributed by atoms with Crippen molar-refractivity contribution in [2.75, 3.05) is 6.54 Å². The number of hydrogen-bond acceptors (Lipinski definition) is 5. The second-order valence-corrected chi connectivity index (χ2v) is 5.60. The van der Waals surface area contributed by atoms with Crippen molar-refractivity contribution in [2.24, 2.45) is 0 Å². The molecule has 1 fully saturated rings. The number of amides is 2. The highest BCUT2D eigenvalue weighted by atomic mass is 32.1. The Labute approximate surface area is 103 Å². The fourth-order valence-electron chi connectivity index (χ4n) is 1.72. The summed E-state index contributed by atoms with van der Waals surface area (Å²) in [5, 5.41) is 14.3. The molecule has 0 aromatic carbocycles. The van der Waals surface area contributed by atoms with Crippen molar-refractivity contribution in [3.63, 3.8) is 0 Å². The maximum absolute atomic E-state index is 11.7. The number of nitrogens with zero attached hydrogens (tertiary/aromatic N) is 2. The van der Waals surface area contributed by atoms with E-state index < -0.39 is 0 Å². The molecule has 2 N–H and O–H groups in total. The van der Waals surface area contributed by atoms with Crippen molar-refractivity contribution < 1.29 is 9.59 Å². The first kappa shape index (κ1) is 12.0. The summed E-state index contributed by atoms with van der Waals surface area (Å²) >= 11 is 1.26. The van der Waals surface area contributed by atoms with Crippen molar-refractivity contribution >= 4 is 23.2 Å². The Bertz CT molecular complexity index is 459. The van der Waals surface area contributed by atoms with Gasteiger partial charge in [-0.2, -0.15) is 0 Å². The van der Waals surface area contributed by atoms with Crippen LogP contribution in [0.3, 0.4) is 0 Å². The molecule has 0 saturated carbocycles. The van der Waals surface area contributed by atoms with Crippen molar-refractivity contribution in [1.82, 2.24) is 20.8 Å². The van der Waals surface area contributed by atoms with Crippen LogP contribution < -0.4 is 10.6 Å². The van der Waals surface area contributed by atoms with E-state index >= 15 is 0 Å². The second kappa shape index (κ2) is 4.40. The van der Waals surface area contributed by atoms with Gasteiger partial charge in [0.05, 0.1) is 5.54 Å².